The van der Waals surface area contributed by atoms with E-state index in [9.17, 15) is 8.42 Å². The van der Waals surface area contributed by atoms with Crippen molar-refractivity contribution in [2.75, 3.05) is 18.8 Å². The van der Waals surface area contributed by atoms with Crippen molar-refractivity contribution >= 4 is 20.6 Å². The zero-order chi connectivity index (χ0) is 16.4. The summed E-state index contributed by atoms with van der Waals surface area (Å²) in [6, 6.07) is 13.4. The molecule has 1 saturated heterocycles. The molecule has 0 spiro atoms. The van der Waals surface area contributed by atoms with E-state index in [1.807, 2.05) is 37.3 Å². The van der Waals surface area contributed by atoms with E-state index in [-0.39, 0.29) is 11.8 Å². The van der Waals surface area contributed by atoms with E-state index < -0.39 is 9.84 Å². The van der Waals surface area contributed by atoms with Crippen molar-refractivity contribution in [2.24, 2.45) is 5.92 Å². The lowest BCUT2D eigenvalue weighted by Crippen LogP contribution is -2.42. The van der Waals surface area contributed by atoms with Crippen LogP contribution in [0, 0.1) is 5.92 Å². The Balaban J connectivity index is 1.77. The molecule has 124 valence electrons. The Morgan fingerprint density at radius 2 is 1.74 bits per heavy atom. The molecule has 1 heterocycles. The summed E-state index contributed by atoms with van der Waals surface area (Å²) >= 11 is 0. The zero-order valence-corrected chi connectivity index (χ0v) is 14.7. The fourth-order valence-electron chi connectivity index (χ4n) is 3.35. The van der Waals surface area contributed by atoms with Crippen molar-refractivity contribution in [1.82, 2.24) is 4.90 Å². The van der Waals surface area contributed by atoms with E-state index in [0.29, 0.717) is 4.90 Å². The molecule has 0 aliphatic carbocycles. The molecule has 2 aromatic rings. The van der Waals surface area contributed by atoms with E-state index in [1.54, 1.807) is 12.1 Å². The third-order valence-electron chi connectivity index (χ3n) is 4.98. The molecular weight excluding hydrogens is 306 g/mol. The second kappa shape index (κ2) is 6.62. The molecule has 1 unspecified atom stereocenters. The van der Waals surface area contributed by atoms with Gasteiger partial charge in [-0.1, -0.05) is 37.3 Å². The lowest BCUT2D eigenvalue weighted by atomic mass is 9.98. The molecule has 0 aromatic heterocycles. The van der Waals surface area contributed by atoms with Crippen LogP contribution in [0.5, 0.6) is 0 Å². The number of fused-ring (bicyclic) bond motifs is 1. The van der Waals surface area contributed by atoms with Crippen LogP contribution in [0.15, 0.2) is 47.4 Å². The van der Waals surface area contributed by atoms with Gasteiger partial charge in [-0.3, -0.25) is 4.90 Å². The Hall–Kier alpha value is -1.39. The minimum absolute atomic E-state index is 0.0685. The lowest BCUT2D eigenvalue weighted by Gasteiger charge is -2.34. The summed E-state index contributed by atoms with van der Waals surface area (Å²) in [4.78, 5) is 2.76. The minimum Gasteiger partial charge on any atom is -0.300 e. The van der Waals surface area contributed by atoms with Gasteiger partial charge in [0.2, 0.25) is 0 Å². The third-order valence-corrected chi connectivity index (χ3v) is 6.88. The summed E-state index contributed by atoms with van der Waals surface area (Å²) in [7, 11) is -3.26. The van der Waals surface area contributed by atoms with E-state index >= 15 is 0 Å². The van der Waals surface area contributed by atoms with Crippen LogP contribution in [0.3, 0.4) is 0 Å². The number of likely N-dealkylation sites (tertiary alicyclic amines) is 1. The number of piperidine rings is 1. The monoisotopic (exact) mass is 331 g/mol. The summed E-state index contributed by atoms with van der Waals surface area (Å²) in [6.45, 7) is 6.33. The fraction of sp³-hybridized carbons (Fsp3) is 0.474. The topological polar surface area (TPSA) is 37.4 Å². The SMILES string of the molecule is CC1CCN(C(C)CS(=O)(=O)c2ccc3ccccc3c2)CC1. The normalized spacial score (nSPS) is 19.0. The van der Waals surface area contributed by atoms with Gasteiger partial charge in [0, 0.05) is 6.04 Å². The van der Waals surface area contributed by atoms with Crippen molar-refractivity contribution in [1.29, 1.82) is 0 Å². The molecule has 0 N–H and O–H groups in total. The largest absolute Gasteiger partial charge is 0.300 e. The maximum Gasteiger partial charge on any atom is 0.179 e. The predicted molar refractivity (Wildman–Crippen MR) is 95.4 cm³/mol. The quantitative estimate of drug-likeness (QED) is 0.856. The summed E-state index contributed by atoms with van der Waals surface area (Å²) in [6.07, 6.45) is 2.33. The maximum absolute atomic E-state index is 12.8. The van der Waals surface area contributed by atoms with Crippen LogP contribution in [0.1, 0.15) is 26.7 Å². The smallest absolute Gasteiger partial charge is 0.179 e. The van der Waals surface area contributed by atoms with Crippen molar-refractivity contribution in [3.63, 3.8) is 0 Å². The van der Waals surface area contributed by atoms with Crippen LogP contribution < -0.4 is 0 Å². The third kappa shape index (κ3) is 3.75. The van der Waals surface area contributed by atoms with Gasteiger partial charge in [0.05, 0.1) is 10.6 Å². The van der Waals surface area contributed by atoms with Gasteiger partial charge < -0.3 is 0 Å². The Labute approximate surface area is 139 Å². The fourth-order valence-corrected chi connectivity index (χ4v) is 4.97. The molecule has 2 aromatic carbocycles. The van der Waals surface area contributed by atoms with Gasteiger partial charge in [0.15, 0.2) is 9.84 Å². The van der Waals surface area contributed by atoms with Crippen LogP contribution in [-0.4, -0.2) is 38.2 Å². The Kier molecular flexibility index (Phi) is 4.74. The molecule has 0 radical (unpaired) electrons. The van der Waals surface area contributed by atoms with E-state index in [2.05, 4.69) is 11.8 Å². The first-order valence-electron chi connectivity index (χ1n) is 8.41. The van der Waals surface area contributed by atoms with Gasteiger partial charge in [-0.05, 0) is 61.7 Å². The molecule has 3 rings (SSSR count). The van der Waals surface area contributed by atoms with Crippen molar-refractivity contribution in [3.8, 4) is 0 Å². The first-order valence-corrected chi connectivity index (χ1v) is 10.1. The Morgan fingerprint density at radius 3 is 2.43 bits per heavy atom. The summed E-state index contributed by atoms with van der Waals surface area (Å²) < 4.78 is 25.5. The second-order valence-electron chi connectivity index (χ2n) is 6.86. The standard InChI is InChI=1S/C19H25NO2S/c1-15-9-11-20(12-10-15)16(2)14-23(21,22)19-8-7-17-5-3-4-6-18(17)13-19/h3-8,13,15-16H,9-12,14H2,1-2H3. The Morgan fingerprint density at radius 1 is 1.09 bits per heavy atom. The van der Waals surface area contributed by atoms with Crippen LogP contribution in [0.2, 0.25) is 0 Å². The number of hydrogen-bond donors (Lipinski definition) is 0. The van der Waals surface area contributed by atoms with Gasteiger partial charge in [-0.15, -0.1) is 0 Å². The number of nitrogens with zero attached hydrogens (tertiary/aromatic N) is 1. The zero-order valence-electron chi connectivity index (χ0n) is 13.9. The maximum atomic E-state index is 12.8. The first-order chi connectivity index (χ1) is 11.0. The Bertz CT molecular complexity index is 777. The number of sulfone groups is 1. The average molecular weight is 331 g/mol. The summed E-state index contributed by atoms with van der Waals surface area (Å²) in [5, 5.41) is 2.05. The van der Waals surface area contributed by atoms with Gasteiger partial charge in [0.1, 0.15) is 0 Å². The van der Waals surface area contributed by atoms with E-state index in [1.165, 1.54) is 12.8 Å². The highest BCUT2D eigenvalue weighted by Crippen LogP contribution is 2.23. The molecule has 1 aliphatic rings. The molecule has 0 saturated carbocycles. The predicted octanol–water partition coefficient (Wildman–Crippen LogP) is 3.73. The first kappa shape index (κ1) is 16.5. The highest BCUT2D eigenvalue weighted by Gasteiger charge is 2.25. The van der Waals surface area contributed by atoms with Crippen molar-refractivity contribution in [2.45, 2.75) is 37.6 Å². The highest BCUT2D eigenvalue weighted by molar-refractivity contribution is 7.91. The van der Waals surface area contributed by atoms with Gasteiger partial charge in [0.25, 0.3) is 0 Å². The van der Waals surface area contributed by atoms with Crippen LogP contribution in [0.25, 0.3) is 10.8 Å². The van der Waals surface area contributed by atoms with Crippen LogP contribution in [-0.2, 0) is 9.84 Å². The molecule has 0 bridgehead atoms. The van der Waals surface area contributed by atoms with Gasteiger partial charge >= 0.3 is 0 Å². The molecular formula is C19H25NO2S. The summed E-state index contributed by atoms with van der Waals surface area (Å²) in [5.74, 6) is 0.954. The van der Waals surface area contributed by atoms with E-state index in [0.717, 1.165) is 29.8 Å². The molecule has 4 heteroatoms. The summed E-state index contributed by atoms with van der Waals surface area (Å²) in [5.41, 5.74) is 0. The number of rotatable bonds is 4. The highest BCUT2D eigenvalue weighted by atomic mass is 32.2. The average Bonchev–Trinajstić information content (AvgIpc) is 2.54. The number of benzene rings is 2. The van der Waals surface area contributed by atoms with Crippen LogP contribution in [0.4, 0.5) is 0 Å². The number of hydrogen-bond acceptors (Lipinski definition) is 3. The molecule has 3 nitrogen and oxygen atoms in total. The molecule has 1 aliphatic heterocycles. The minimum atomic E-state index is -3.26. The van der Waals surface area contributed by atoms with Crippen molar-refractivity contribution in [3.05, 3.63) is 42.5 Å². The van der Waals surface area contributed by atoms with Gasteiger partial charge in [-0.25, -0.2) is 8.42 Å². The van der Waals surface area contributed by atoms with Crippen molar-refractivity contribution < 1.29 is 8.42 Å². The lowest BCUT2D eigenvalue weighted by molar-refractivity contribution is 0.157. The second-order valence-corrected chi connectivity index (χ2v) is 8.89. The molecule has 23 heavy (non-hydrogen) atoms. The molecule has 0 amide bonds. The molecule has 1 atom stereocenters. The van der Waals surface area contributed by atoms with Crippen LogP contribution >= 0.6 is 0 Å². The van der Waals surface area contributed by atoms with E-state index in [4.69, 9.17) is 0 Å². The van der Waals surface area contributed by atoms with Gasteiger partial charge in [-0.2, -0.15) is 0 Å². The molecule has 1 fully saturated rings.